The lowest BCUT2D eigenvalue weighted by atomic mass is 10.1. The Bertz CT molecular complexity index is 895. The number of aryl methyl sites for hydroxylation is 3. The second kappa shape index (κ2) is 8.23. The van der Waals surface area contributed by atoms with Crippen molar-refractivity contribution in [3.63, 3.8) is 0 Å². The highest BCUT2D eigenvalue weighted by Gasteiger charge is 2.09. The number of hydrogen-bond donors (Lipinski definition) is 0. The molecule has 0 radical (unpaired) electrons. The van der Waals surface area contributed by atoms with Gasteiger partial charge < -0.3 is 4.90 Å². The molecular formula is C19H25N6S+. The maximum absolute atomic E-state index is 4.36. The van der Waals surface area contributed by atoms with E-state index in [4.69, 9.17) is 0 Å². The van der Waals surface area contributed by atoms with E-state index in [2.05, 4.69) is 73.9 Å². The molecule has 0 fully saturated rings. The van der Waals surface area contributed by atoms with Crippen LogP contribution in [0.4, 0.5) is 16.5 Å². The summed E-state index contributed by atoms with van der Waals surface area (Å²) in [5.74, 6) is 0. The summed E-state index contributed by atoms with van der Waals surface area (Å²) in [5.41, 5.74) is 4.19. The third-order valence-corrected chi connectivity index (χ3v) is 5.07. The minimum absolute atomic E-state index is 0.695. The van der Waals surface area contributed by atoms with Crippen LogP contribution in [0.5, 0.6) is 0 Å². The number of likely N-dealkylation sites (N-methyl/N-ethyl adjacent to an activating group) is 1. The predicted molar refractivity (Wildman–Crippen MR) is 106 cm³/mol. The number of anilines is 1. The molecule has 0 bridgehead atoms. The number of rotatable bonds is 7. The topological polar surface area (TPSA) is 49.7 Å². The summed E-state index contributed by atoms with van der Waals surface area (Å²) in [7, 11) is 2.04. The molecule has 0 aliphatic rings. The van der Waals surface area contributed by atoms with Crippen molar-refractivity contribution in [1.82, 2.24) is 9.55 Å². The number of hydrogen-bond acceptors (Lipinski definition) is 5. The average molecular weight is 370 g/mol. The lowest BCUT2D eigenvalue weighted by Crippen LogP contribution is -2.28. The third-order valence-electron chi connectivity index (χ3n) is 4.23. The van der Waals surface area contributed by atoms with E-state index in [1.807, 2.05) is 25.4 Å². The molecule has 136 valence electrons. The van der Waals surface area contributed by atoms with E-state index in [-0.39, 0.29) is 0 Å². The quantitative estimate of drug-likeness (QED) is 0.460. The first-order chi connectivity index (χ1) is 12.5. The monoisotopic (exact) mass is 369 g/mol. The molecule has 7 heteroatoms. The SMILES string of the molecule is CCN(CCn1cc[n+](C)c1)c1ccc(N=Nc2nc(C)cs2)c(C)c1. The molecule has 26 heavy (non-hydrogen) atoms. The lowest BCUT2D eigenvalue weighted by molar-refractivity contribution is -0.671. The zero-order valence-corrected chi connectivity index (χ0v) is 16.6. The first-order valence-corrected chi connectivity index (χ1v) is 9.63. The van der Waals surface area contributed by atoms with E-state index >= 15 is 0 Å². The molecule has 0 saturated heterocycles. The first kappa shape index (κ1) is 18.3. The van der Waals surface area contributed by atoms with Crippen molar-refractivity contribution in [1.29, 1.82) is 0 Å². The number of thiazole rings is 1. The highest BCUT2D eigenvalue weighted by molar-refractivity contribution is 7.13. The third kappa shape index (κ3) is 4.54. The van der Waals surface area contributed by atoms with E-state index in [0.717, 1.165) is 36.6 Å². The van der Waals surface area contributed by atoms with Crippen molar-refractivity contribution >= 4 is 27.8 Å². The highest BCUT2D eigenvalue weighted by atomic mass is 32.1. The molecule has 3 rings (SSSR count). The number of benzene rings is 1. The summed E-state index contributed by atoms with van der Waals surface area (Å²) < 4.78 is 4.26. The Kier molecular flexibility index (Phi) is 5.78. The van der Waals surface area contributed by atoms with E-state index in [9.17, 15) is 0 Å². The van der Waals surface area contributed by atoms with Crippen LogP contribution in [0.2, 0.25) is 0 Å². The van der Waals surface area contributed by atoms with Gasteiger partial charge in [-0.1, -0.05) is 0 Å². The highest BCUT2D eigenvalue weighted by Crippen LogP contribution is 2.27. The first-order valence-electron chi connectivity index (χ1n) is 8.75. The van der Waals surface area contributed by atoms with Crippen molar-refractivity contribution < 1.29 is 4.57 Å². The molecule has 3 aromatic rings. The summed E-state index contributed by atoms with van der Waals surface area (Å²) in [4.78, 5) is 6.69. The van der Waals surface area contributed by atoms with Crippen LogP contribution in [-0.4, -0.2) is 22.6 Å². The van der Waals surface area contributed by atoms with Gasteiger partial charge in [-0.25, -0.2) is 14.1 Å². The van der Waals surface area contributed by atoms with Gasteiger partial charge in [-0.15, -0.1) is 21.6 Å². The van der Waals surface area contributed by atoms with Gasteiger partial charge >= 0.3 is 0 Å². The molecule has 0 unspecified atom stereocenters. The fourth-order valence-electron chi connectivity index (χ4n) is 2.77. The van der Waals surface area contributed by atoms with Gasteiger partial charge in [0.15, 0.2) is 0 Å². The van der Waals surface area contributed by atoms with Crippen LogP contribution in [0.15, 0.2) is 52.5 Å². The van der Waals surface area contributed by atoms with Gasteiger partial charge in [0.1, 0.15) is 18.9 Å². The molecule has 0 aliphatic carbocycles. The minimum atomic E-state index is 0.695. The number of imidazole rings is 1. The number of nitrogens with zero attached hydrogens (tertiary/aromatic N) is 6. The second-order valence-corrected chi connectivity index (χ2v) is 7.18. The van der Waals surface area contributed by atoms with Gasteiger partial charge in [-0.3, -0.25) is 0 Å². The smallest absolute Gasteiger partial charge is 0.243 e. The summed E-state index contributed by atoms with van der Waals surface area (Å²) in [5, 5.41) is 11.3. The van der Waals surface area contributed by atoms with Gasteiger partial charge in [0.05, 0.1) is 25.0 Å². The van der Waals surface area contributed by atoms with Crippen LogP contribution < -0.4 is 9.47 Å². The predicted octanol–water partition coefficient (Wildman–Crippen LogP) is 4.33. The van der Waals surface area contributed by atoms with Gasteiger partial charge in [0.2, 0.25) is 11.5 Å². The summed E-state index contributed by atoms with van der Waals surface area (Å²) in [6.07, 6.45) is 6.26. The molecule has 0 saturated carbocycles. The molecular weight excluding hydrogens is 344 g/mol. The normalized spacial score (nSPS) is 11.4. The average Bonchev–Trinajstić information content (AvgIpc) is 3.23. The standard InChI is InChI=1S/C19H25N6S/c1-5-25(11-10-24-9-8-23(4)14-24)17-6-7-18(15(2)12-17)21-22-19-20-16(3)13-26-19/h6-9,12-14H,5,10-11H2,1-4H3/q+1. The summed E-state index contributed by atoms with van der Waals surface area (Å²) in [6.45, 7) is 9.10. The van der Waals surface area contributed by atoms with Crippen molar-refractivity contribution in [3.05, 3.63) is 53.6 Å². The second-order valence-electron chi connectivity index (χ2n) is 6.34. The van der Waals surface area contributed by atoms with Crippen molar-refractivity contribution in [2.45, 2.75) is 27.3 Å². The zero-order valence-electron chi connectivity index (χ0n) is 15.8. The fourth-order valence-corrected chi connectivity index (χ4v) is 3.39. The Labute approximate surface area is 158 Å². The van der Waals surface area contributed by atoms with E-state index < -0.39 is 0 Å². The van der Waals surface area contributed by atoms with Crippen LogP contribution in [0.3, 0.4) is 0 Å². The molecule has 0 aliphatic heterocycles. The van der Waals surface area contributed by atoms with Crippen molar-refractivity contribution in [3.8, 4) is 0 Å². The number of aromatic nitrogens is 3. The van der Waals surface area contributed by atoms with Crippen LogP contribution >= 0.6 is 11.3 Å². The fraction of sp³-hybridized carbons (Fsp3) is 0.368. The molecule has 6 nitrogen and oxygen atoms in total. The summed E-state index contributed by atoms with van der Waals surface area (Å²) in [6, 6.07) is 6.33. The van der Waals surface area contributed by atoms with Gasteiger partial charge in [0.25, 0.3) is 0 Å². The van der Waals surface area contributed by atoms with Crippen molar-refractivity contribution in [2.24, 2.45) is 17.3 Å². The Hall–Kier alpha value is -2.54. The lowest BCUT2D eigenvalue weighted by Gasteiger charge is -2.22. The minimum Gasteiger partial charge on any atom is -0.368 e. The van der Waals surface area contributed by atoms with Crippen LogP contribution in [-0.2, 0) is 13.6 Å². The van der Waals surface area contributed by atoms with Crippen LogP contribution in [0, 0.1) is 13.8 Å². The molecule has 0 atom stereocenters. The molecule has 0 amide bonds. The molecule has 1 aromatic carbocycles. The Morgan fingerprint density at radius 1 is 1.27 bits per heavy atom. The number of azo groups is 1. The molecule has 0 spiro atoms. The zero-order chi connectivity index (χ0) is 18.5. The van der Waals surface area contributed by atoms with Gasteiger partial charge in [-0.2, -0.15) is 0 Å². The molecule has 2 aromatic heterocycles. The van der Waals surface area contributed by atoms with Gasteiger partial charge in [-0.05, 0) is 44.5 Å². The summed E-state index contributed by atoms with van der Waals surface area (Å²) >= 11 is 1.51. The maximum atomic E-state index is 4.36. The van der Waals surface area contributed by atoms with Gasteiger partial charge in [0, 0.05) is 17.6 Å². The molecule has 2 heterocycles. The molecule has 0 N–H and O–H groups in total. The van der Waals surface area contributed by atoms with E-state index in [1.54, 1.807) is 0 Å². The Morgan fingerprint density at radius 2 is 2.12 bits per heavy atom. The van der Waals surface area contributed by atoms with Crippen LogP contribution in [0.25, 0.3) is 0 Å². The van der Waals surface area contributed by atoms with E-state index in [1.165, 1.54) is 17.0 Å². The van der Waals surface area contributed by atoms with E-state index in [0.29, 0.717) is 5.13 Å². The van der Waals surface area contributed by atoms with Crippen molar-refractivity contribution in [2.75, 3.05) is 18.0 Å². The maximum Gasteiger partial charge on any atom is 0.243 e. The Balaban J connectivity index is 1.69. The largest absolute Gasteiger partial charge is 0.368 e. The Morgan fingerprint density at radius 3 is 2.73 bits per heavy atom. The van der Waals surface area contributed by atoms with Crippen LogP contribution in [0.1, 0.15) is 18.2 Å².